The minimum Gasteiger partial charge on any atom is -0.507 e. The number of hydrogen-bond donors (Lipinski definition) is 3. The number of phenolic OH excluding ortho intramolecular Hbond substituents is 1. The highest BCUT2D eigenvalue weighted by Crippen LogP contribution is 2.24. The highest BCUT2D eigenvalue weighted by Gasteiger charge is 2.18. The molecule has 2 aromatic carbocycles. The molecule has 2 rings (SSSR count). The molecular formula is C15H14N2O5S. The molecule has 0 saturated heterocycles. The molecule has 0 bridgehead atoms. The lowest BCUT2D eigenvalue weighted by atomic mass is 10.2. The van der Waals surface area contributed by atoms with Crippen LogP contribution >= 0.6 is 0 Å². The average molecular weight is 334 g/mol. The molecule has 8 heteroatoms. The lowest BCUT2D eigenvalue weighted by Crippen LogP contribution is -2.29. The summed E-state index contributed by atoms with van der Waals surface area (Å²) in [7, 11) is -4.01. The maximum Gasteiger partial charge on any atom is 0.318 e. The van der Waals surface area contributed by atoms with Crippen LogP contribution in [0.2, 0.25) is 0 Å². The summed E-state index contributed by atoms with van der Waals surface area (Å²) in [5.41, 5.74) is 0.562. The van der Waals surface area contributed by atoms with Gasteiger partial charge in [-0.2, -0.15) is 4.72 Å². The Morgan fingerprint density at radius 2 is 1.78 bits per heavy atom. The molecule has 0 aliphatic rings. The number of rotatable bonds is 6. The Morgan fingerprint density at radius 3 is 2.48 bits per heavy atom. The molecule has 0 amide bonds. The highest BCUT2D eigenvalue weighted by molar-refractivity contribution is 7.89. The van der Waals surface area contributed by atoms with Crippen LogP contribution in [0.15, 0.2) is 58.4 Å². The number of carboxylic acid groups (broad SMARTS) is 1. The molecular weight excluding hydrogens is 320 g/mol. The summed E-state index contributed by atoms with van der Waals surface area (Å²) in [5, 5.41) is 18.3. The van der Waals surface area contributed by atoms with E-state index in [2.05, 4.69) is 4.99 Å². The summed E-state index contributed by atoms with van der Waals surface area (Å²) in [6, 6.07) is 12.4. The van der Waals surface area contributed by atoms with E-state index in [-0.39, 0.29) is 16.3 Å². The Balaban J connectivity index is 2.35. The summed E-state index contributed by atoms with van der Waals surface area (Å²) in [6.45, 7) is -0.722. The van der Waals surface area contributed by atoms with Crippen LogP contribution in [-0.2, 0) is 14.8 Å². The van der Waals surface area contributed by atoms with Crippen molar-refractivity contribution in [2.75, 3.05) is 6.54 Å². The van der Waals surface area contributed by atoms with Gasteiger partial charge in [0.1, 0.15) is 17.2 Å². The number of carbonyl (C=O) groups is 1. The van der Waals surface area contributed by atoms with Gasteiger partial charge in [-0.15, -0.1) is 0 Å². The molecule has 23 heavy (non-hydrogen) atoms. The molecule has 0 aliphatic carbocycles. The largest absolute Gasteiger partial charge is 0.507 e. The molecule has 0 radical (unpaired) electrons. The molecule has 120 valence electrons. The molecule has 0 aromatic heterocycles. The topological polar surface area (TPSA) is 116 Å². The summed E-state index contributed by atoms with van der Waals surface area (Å²) >= 11 is 0. The smallest absolute Gasteiger partial charge is 0.318 e. The van der Waals surface area contributed by atoms with Crippen molar-refractivity contribution in [2.45, 2.75) is 4.90 Å². The molecule has 2 aromatic rings. The maximum atomic E-state index is 12.1. The van der Waals surface area contributed by atoms with Crippen molar-refractivity contribution in [3.8, 4) is 5.75 Å². The number of nitrogens with zero attached hydrogens (tertiary/aromatic N) is 1. The van der Waals surface area contributed by atoms with Crippen LogP contribution in [0.5, 0.6) is 5.75 Å². The molecule has 0 atom stereocenters. The SMILES string of the molecule is O=C(O)CNS(=O)(=O)c1ccccc1N=Cc1ccccc1O. The average Bonchev–Trinajstić information content (AvgIpc) is 2.52. The van der Waals surface area contributed by atoms with Crippen LogP contribution in [-0.4, -0.2) is 37.4 Å². The Labute approximate surface area is 133 Å². The molecule has 7 nitrogen and oxygen atoms in total. The summed E-state index contributed by atoms with van der Waals surface area (Å²) < 4.78 is 26.3. The summed E-state index contributed by atoms with van der Waals surface area (Å²) in [5.74, 6) is -1.27. The standard InChI is InChI=1S/C15H14N2O5S/c18-13-7-3-1-5-11(13)9-16-12-6-2-4-8-14(12)23(21,22)17-10-15(19)20/h1-9,17-18H,10H2,(H,19,20). The molecule has 0 fully saturated rings. The normalized spacial score (nSPS) is 11.7. The summed E-state index contributed by atoms with van der Waals surface area (Å²) in [6.07, 6.45) is 1.33. The number of carboxylic acids is 1. The second-order valence-corrected chi connectivity index (χ2v) is 6.24. The number of aromatic hydroxyl groups is 1. The fourth-order valence-corrected chi connectivity index (χ4v) is 2.88. The Hall–Kier alpha value is -2.71. The van der Waals surface area contributed by atoms with E-state index >= 15 is 0 Å². The third-order valence-electron chi connectivity index (χ3n) is 2.85. The Kier molecular flexibility index (Phi) is 5.09. The van der Waals surface area contributed by atoms with Gasteiger partial charge >= 0.3 is 5.97 Å². The van der Waals surface area contributed by atoms with Gasteiger partial charge in [0.25, 0.3) is 0 Å². The van der Waals surface area contributed by atoms with Crippen molar-refractivity contribution in [1.82, 2.24) is 4.72 Å². The first kappa shape index (κ1) is 16.7. The monoisotopic (exact) mass is 334 g/mol. The number of benzene rings is 2. The summed E-state index contributed by atoms with van der Waals surface area (Å²) in [4.78, 5) is 14.5. The van der Waals surface area contributed by atoms with E-state index in [9.17, 15) is 18.3 Å². The predicted molar refractivity (Wildman–Crippen MR) is 84.6 cm³/mol. The van der Waals surface area contributed by atoms with Crippen molar-refractivity contribution in [3.05, 3.63) is 54.1 Å². The number of para-hydroxylation sites is 2. The van der Waals surface area contributed by atoms with Crippen LogP contribution in [0.25, 0.3) is 0 Å². The van der Waals surface area contributed by atoms with Crippen LogP contribution < -0.4 is 4.72 Å². The second-order valence-electron chi connectivity index (χ2n) is 4.50. The van der Waals surface area contributed by atoms with Gasteiger partial charge < -0.3 is 10.2 Å². The van der Waals surface area contributed by atoms with E-state index < -0.39 is 22.5 Å². The van der Waals surface area contributed by atoms with Crippen LogP contribution in [0.3, 0.4) is 0 Å². The van der Waals surface area contributed by atoms with Crippen molar-refractivity contribution in [3.63, 3.8) is 0 Å². The zero-order valence-electron chi connectivity index (χ0n) is 11.9. The van der Waals surface area contributed by atoms with Gasteiger partial charge in [-0.25, -0.2) is 8.42 Å². The first-order valence-electron chi connectivity index (χ1n) is 6.53. The fourth-order valence-electron chi connectivity index (χ4n) is 1.76. The first-order chi connectivity index (χ1) is 10.9. The second kappa shape index (κ2) is 7.03. The van der Waals surface area contributed by atoms with Crippen LogP contribution in [0.1, 0.15) is 5.56 Å². The lowest BCUT2D eigenvalue weighted by Gasteiger charge is -2.07. The molecule has 0 unspecified atom stereocenters. The zero-order chi connectivity index (χ0) is 16.9. The van der Waals surface area contributed by atoms with E-state index in [0.29, 0.717) is 5.56 Å². The van der Waals surface area contributed by atoms with Gasteiger partial charge in [-0.1, -0.05) is 24.3 Å². The van der Waals surface area contributed by atoms with Gasteiger partial charge in [0.05, 0.1) is 5.69 Å². The van der Waals surface area contributed by atoms with Gasteiger partial charge in [0, 0.05) is 11.8 Å². The molecule has 3 N–H and O–H groups in total. The number of aliphatic imine (C=N–C) groups is 1. The number of aliphatic carboxylic acids is 1. The predicted octanol–water partition coefficient (Wildman–Crippen LogP) is 1.51. The van der Waals surface area contributed by atoms with Crippen molar-refractivity contribution < 1.29 is 23.4 Å². The molecule has 0 aliphatic heterocycles. The maximum absolute atomic E-state index is 12.1. The Morgan fingerprint density at radius 1 is 1.13 bits per heavy atom. The van der Waals surface area contributed by atoms with Crippen molar-refractivity contribution >= 4 is 27.9 Å². The number of phenols is 1. The third kappa shape index (κ3) is 4.38. The van der Waals surface area contributed by atoms with E-state index in [1.807, 2.05) is 4.72 Å². The van der Waals surface area contributed by atoms with Crippen LogP contribution in [0, 0.1) is 0 Å². The highest BCUT2D eigenvalue weighted by atomic mass is 32.2. The van der Waals surface area contributed by atoms with Gasteiger partial charge in [0.2, 0.25) is 10.0 Å². The fraction of sp³-hybridized carbons (Fsp3) is 0.0667. The van der Waals surface area contributed by atoms with E-state index in [4.69, 9.17) is 5.11 Å². The molecule has 0 saturated carbocycles. The minimum atomic E-state index is -4.01. The molecule has 0 heterocycles. The van der Waals surface area contributed by atoms with Crippen LogP contribution in [0.4, 0.5) is 5.69 Å². The van der Waals surface area contributed by atoms with Gasteiger partial charge in [-0.3, -0.25) is 9.79 Å². The number of sulfonamides is 1. The minimum absolute atomic E-state index is 0.0144. The number of nitrogens with one attached hydrogen (secondary N) is 1. The first-order valence-corrected chi connectivity index (χ1v) is 8.01. The molecule has 0 spiro atoms. The van der Waals surface area contributed by atoms with E-state index in [1.54, 1.807) is 24.3 Å². The lowest BCUT2D eigenvalue weighted by molar-refractivity contribution is -0.135. The van der Waals surface area contributed by atoms with E-state index in [1.165, 1.54) is 30.5 Å². The Bertz CT molecular complexity index is 846. The van der Waals surface area contributed by atoms with E-state index in [0.717, 1.165) is 0 Å². The third-order valence-corrected chi connectivity index (χ3v) is 4.30. The van der Waals surface area contributed by atoms with Gasteiger partial charge in [0.15, 0.2) is 0 Å². The van der Waals surface area contributed by atoms with Crippen molar-refractivity contribution in [1.29, 1.82) is 0 Å². The zero-order valence-corrected chi connectivity index (χ0v) is 12.7. The quantitative estimate of drug-likeness (QED) is 0.692. The van der Waals surface area contributed by atoms with Gasteiger partial charge in [-0.05, 0) is 24.3 Å². The number of hydrogen-bond acceptors (Lipinski definition) is 5. The van der Waals surface area contributed by atoms with Crippen molar-refractivity contribution in [2.24, 2.45) is 4.99 Å².